The van der Waals surface area contributed by atoms with Crippen molar-refractivity contribution in [2.75, 3.05) is 5.32 Å². The smallest absolute Gasteiger partial charge is 0.137 e. The second-order valence-electron chi connectivity index (χ2n) is 5.52. The number of fused-ring (bicyclic) bond motifs is 2. The van der Waals surface area contributed by atoms with Gasteiger partial charge in [-0.25, -0.2) is 4.98 Å². The maximum absolute atomic E-state index is 10.6. The molecule has 2 N–H and O–H groups in total. The summed E-state index contributed by atoms with van der Waals surface area (Å²) in [6, 6.07) is 14.1. The molecule has 0 radical (unpaired) electrons. The Morgan fingerprint density at radius 3 is 2.95 bits per heavy atom. The zero-order valence-corrected chi connectivity index (χ0v) is 11.6. The lowest BCUT2D eigenvalue weighted by Gasteiger charge is -2.29. The topological polar surface area (TPSA) is 49.6 Å². The number of hydrogen-bond acceptors (Lipinski definition) is 3. The zero-order valence-electron chi connectivity index (χ0n) is 11.6. The van der Waals surface area contributed by atoms with E-state index in [-0.39, 0.29) is 6.04 Å². The molecular weight excluding hydrogens is 262 g/mol. The van der Waals surface area contributed by atoms with E-state index in [9.17, 15) is 5.11 Å². The molecule has 4 rings (SSSR count). The third-order valence-electron chi connectivity index (χ3n) is 4.15. The molecule has 1 aliphatic heterocycles. The number of anilines is 1. The maximum atomic E-state index is 10.6. The van der Waals surface area contributed by atoms with Crippen LogP contribution < -0.4 is 5.32 Å². The first-order valence-corrected chi connectivity index (χ1v) is 7.27. The SMILES string of the molecule is OC(c1cn2ccccc2n1)C1CCc2ccccc2N1. The normalized spacial score (nSPS) is 19.0. The minimum Gasteiger partial charge on any atom is -0.385 e. The Morgan fingerprint density at radius 1 is 1.19 bits per heavy atom. The minimum atomic E-state index is -0.599. The van der Waals surface area contributed by atoms with Gasteiger partial charge in [0.15, 0.2) is 0 Å². The van der Waals surface area contributed by atoms with E-state index in [1.807, 2.05) is 41.1 Å². The molecule has 4 nitrogen and oxygen atoms in total. The molecule has 3 aromatic rings. The first-order valence-electron chi connectivity index (χ1n) is 7.27. The largest absolute Gasteiger partial charge is 0.385 e. The number of aryl methyl sites for hydroxylation is 1. The lowest BCUT2D eigenvalue weighted by atomic mass is 9.94. The van der Waals surface area contributed by atoms with Gasteiger partial charge in [-0.15, -0.1) is 0 Å². The number of aromatic nitrogens is 2. The molecule has 0 spiro atoms. The van der Waals surface area contributed by atoms with Crippen LogP contribution in [-0.4, -0.2) is 20.5 Å². The molecule has 21 heavy (non-hydrogen) atoms. The number of nitrogens with zero attached hydrogens (tertiary/aromatic N) is 2. The minimum absolute atomic E-state index is 0.00446. The zero-order chi connectivity index (χ0) is 14.2. The van der Waals surface area contributed by atoms with E-state index in [4.69, 9.17) is 0 Å². The number of aliphatic hydroxyl groups is 1. The summed E-state index contributed by atoms with van der Waals surface area (Å²) in [4.78, 5) is 4.52. The molecule has 3 heterocycles. The van der Waals surface area contributed by atoms with Crippen LogP contribution in [-0.2, 0) is 6.42 Å². The van der Waals surface area contributed by atoms with E-state index >= 15 is 0 Å². The Balaban J connectivity index is 1.62. The summed E-state index contributed by atoms with van der Waals surface area (Å²) < 4.78 is 1.94. The lowest BCUT2D eigenvalue weighted by Crippen LogP contribution is -2.31. The standard InChI is InChI=1S/C17H17N3O/c21-17(15-11-20-10-4-3-7-16(20)19-15)14-9-8-12-5-1-2-6-13(12)18-14/h1-7,10-11,14,17-18,21H,8-9H2. The van der Waals surface area contributed by atoms with Crippen LogP contribution in [0.5, 0.6) is 0 Å². The summed E-state index contributed by atoms with van der Waals surface area (Å²) in [6.07, 6.45) is 5.15. The molecule has 0 aliphatic carbocycles. The van der Waals surface area contributed by atoms with Crippen molar-refractivity contribution in [3.63, 3.8) is 0 Å². The van der Waals surface area contributed by atoms with Crippen molar-refractivity contribution in [2.45, 2.75) is 25.0 Å². The van der Waals surface area contributed by atoms with Crippen LogP contribution in [0.15, 0.2) is 54.9 Å². The van der Waals surface area contributed by atoms with E-state index in [1.165, 1.54) is 5.56 Å². The summed E-state index contributed by atoms with van der Waals surface area (Å²) in [7, 11) is 0. The van der Waals surface area contributed by atoms with E-state index in [0.29, 0.717) is 0 Å². The van der Waals surface area contributed by atoms with Gasteiger partial charge >= 0.3 is 0 Å². The highest BCUT2D eigenvalue weighted by molar-refractivity contribution is 5.54. The van der Waals surface area contributed by atoms with Crippen LogP contribution in [0.3, 0.4) is 0 Å². The third kappa shape index (κ3) is 2.17. The van der Waals surface area contributed by atoms with Crippen molar-refractivity contribution in [3.05, 3.63) is 66.1 Å². The summed E-state index contributed by atoms with van der Waals surface area (Å²) in [5.41, 5.74) is 4.02. The summed E-state index contributed by atoms with van der Waals surface area (Å²) >= 11 is 0. The molecule has 0 amide bonds. The summed E-state index contributed by atoms with van der Waals surface area (Å²) in [5, 5.41) is 14.1. The number of benzene rings is 1. The second kappa shape index (κ2) is 4.90. The number of para-hydroxylation sites is 1. The van der Waals surface area contributed by atoms with E-state index in [2.05, 4.69) is 28.5 Å². The number of aliphatic hydroxyl groups excluding tert-OH is 1. The Kier molecular flexibility index (Phi) is 2.89. The van der Waals surface area contributed by atoms with Gasteiger partial charge in [-0.2, -0.15) is 0 Å². The molecule has 4 heteroatoms. The first kappa shape index (κ1) is 12.4. The van der Waals surface area contributed by atoms with E-state index in [1.54, 1.807) is 0 Å². The van der Waals surface area contributed by atoms with E-state index in [0.717, 1.165) is 29.9 Å². The van der Waals surface area contributed by atoms with Gasteiger partial charge in [0.1, 0.15) is 11.8 Å². The van der Waals surface area contributed by atoms with Crippen LogP contribution in [0, 0.1) is 0 Å². The third-order valence-corrected chi connectivity index (χ3v) is 4.15. The molecule has 1 aromatic carbocycles. The van der Waals surface area contributed by atoms with Crippen LogP contribution in [0.4, 0.5) is 5.69 Å². The second-order valence-corrected chi connectivity index (χ2v) is 5.52. The maximum Gasteiger partial charge on any atom is 0.137 e. The Labute approximate surface area is 123 Å². The molecule has 0 fully saturated rings. The molecule has 2 atom stereocenters. The van der Waals surface area contributed by atoms with Crippen molar-refractivity contribution in [3.8, 4) is 0 Å². The van der Waals surface area contributed by atoms with Crippen LogP contribution in [0.2, 0.25) is 0 Å². The Bertz CT molecular complexity index is 747. The number of nitrogens with one attached hydrogen (secondary N) is 1. The molecule has 2 unspecified atom stereocenters. The van der Waals surface area contributed by atoms with Crippen molar-refractivity contribution < 1.29 is 5.11 Å². The average Bonchev–Trinajstić information content (AvgIpc) is 2.97. The number of rotatable bonds is 2. The highest BCUT2D eigenvalue weighted by Crippen LogP contribution is 2.30. The number of hydrogen-bond donors (Lipinski definition) is 2. The van der Waals surface area contributed by atoms with Crippen molar-refractivity contribution in [1.82, 2.24) is 9.38 Å². The summed E-state index contributed by atoms with van der Waals surface area (Å²) in [6.45, 7) is 0. The fraction of sp³-hybridized carbons (Fsp3) is 0.235. The molecule has 0 saturated heterocycles. The molecule has 0 bridgehead atoms. The number of pyridine rings is 1. The van der Waals surface area contributed by atoms with Crippen molar-refractivity contribution >= 4 is 11.3 Å². The van der Waals surface area contributed by atoms with Crippen molar-refractivity contribution in [2.24, 2.45) is 0 Å². The van der Waals surface area contributed by atoms with E-state index < -0.39 is 6.10 Å². The van der Waals surface area contributed by atoms with Crippen molar-refractivity contribution in [1.29, 1.82) is 0 Å². The molecule has 106 valence electrons. The molecule has 0 saturated carbocycles. The predicted molar refractivity (Wildman–Crippen MR) is 82.3 cm³/mol. The van der Waals surface area contributed by atoms with Gasteiger partial charge < -0.3 is 14.8 Å². The summed E-state index contributed by atoms with van der Waals surface area (Å²) in [5.74, 6) is 0. The highest BCUT2D eigenvalue weighted by Gasteiger charge is 2.26. The van der Waals surface area contributed by atoms with Gasteiger partial charge in [0.05, 0.1) is 11.7 Å². The van der Waals surface area contributed by atoms with Gasteiger partial charge in [0.2, 0.25) is 0 Å². The average molecular weight is 279 g/mol. The molecule has 2 aromatic heterocycles. The van der Waals surface area contributed by atoms with Crippen LogP contribution in [0.1, 0.15) is 23.8 Å². The van der Waals surface area contributed by atoms with Crippen LogP contribution >= 0.6 is 0 Å². The fourth-order valence-corrected chi connectivity index (χ4v) is 3.00. The monoisotopic (exact) mass is 279 g/mol. The first-order chi connectivity index (χ1) is 10.3. The molecule has 1 aliphatic rings. The Hall–Kier alpha value is -2.33. The van der Waals surface area contributed by atoms with Gasteiger partial charge in [-0.3, -0.25) is 0 Å². The Morgan fingerprint density at radius 2 is 2.05 bits per heavy atom. The van der Waals surface area contributed by atoms with Gasteiger partial charge in [0.25, 0.3) is 0 Å². The predicted octanol–water partition coefficient (Wildman–Crippen LogP) is 2.79. The highest BCUT2D eigenvalue weighted by atomic mass is 16.3. The van der Waals surface area contributed by atoms with Gasteiger partial charge in [0, 0.05) is 18.1 Å². The van der Waals surface area contributed by atoms with Gasteiger partial charge in [-0.1, -0.05) is 24.3 Å². The molecular formula is C17H17N3O. The van der Waals surface area contributed by atoms with Crippen LogP contribution in [0.25, 0.3) is 5.65 Å². The number of imidazole rings is 1. The fourth-order valence-electron chi connectivity index (χ4n) is 3.00. The lowest BCUT2D eigenvalue weighted by molar-refractivity contribution is 0.145. The van der Waals surface area contributed by atoms with Gasteiger partial charge in [-0.05, 0) is 36.6 Å². The quantitative estimate of drug-likeness (QED) is 0.758.